The van der Waals surface area contributed by atoms with E-state index in [2.05, 4.69) is 0 Å². The van der Waals surface area contributed by atoms with Gasteiger partial charge in [-0.25, -0.2) is 12.8 Å². The van der Waals surface area contributed by atoms with Crippen molar-refractivity contribution in [3.8, 4) is 0 Å². The Morgan fingerprint density at radius 1 is 1.20 bits per heavy atom. The molecule has 0 radical (unpaired) electrons. The van der Waals surface area contributed by atoms with Crippen LogP contribution < -0.4 is 0 Å². The molecule has 5 heteroatoms. The predicted molar refractivity (Wildman–Crippen MR) is 56.9 cm³/mol. The van der Waals surface area contributed by atoms with Crippen molar-refractivity contribution < 1.29 is 12.8 Å². The van der Waals surface area contributed by atoms with Crippen molar-refractivity contribution in [3.05, 3.63) is 0 Å². The van der Waals surface area contributed by atoms with E-state index < -0.39 is 20.4 Å². The minimum Gasteiger partial charge on any atom is -0.243 e. The topological polar surface area (TPSA) is 37.4 Å². The smallest absolute Gasteiger partial charge is 0.219 e. The molecule has 2 aliphatic rings. The van der Waals surface area contributed by atoms with E-state index in [9.17, 15) is 12.8 Å². The quantitative estimate of drug-likeness (QED) is 0.730. The molecule has 1 unspecified atom stereocenters. The maximum absolute atomic E-state index is 13.8. The van der Waals surface area contributed by atoms with Gasteiger partial charge in [0.1, 0.15) is 5.67 Å². The average molecular weight is 235 g/mol. The summed E-state index contributed by atoms with van der Waals surface area (Å²) in [6.07, 6.45) is 2.53. The number of halogens is 1. The van der Waals surface area contributed by atoms with E-state index >= 15 is 0 Å². The second kappa shape index (κ2) is 3.17. The van der Waals surface area contributed by atoms with Crippen molar-refractivity contribution in [1.82, 2.24) is 4.31 Å². The summed E-state index contributed by atoms with van der Waals surface area (Å²) >= 11 is 0. The minimum atomic E-state index is -3.27. The summed E-state index contributed by atoms with van der Waals surface area (Å²) in [6, 6.07) is 0. The van der Waals surface area contributed by atoms with E-state index in [1.165, 1.54) is 11.2 Å². The molecule has 0 aromatic rings. The van der Waals surface area contributed by atoms with Gasteiger partial charge in [0.05, 0.1) is 4.75 Å². The second-order valence-corrected chi connectivity index (χ2v) is 7.76. The summed E-state index contributed by atoms with van der Waals surface area (Å²) in [6.45, 7) is 3.76. The third-order valence-corrected chi connectivity index (χ3v) is 6.17. The summed E-state index contributed by atoms with van der Waals surface area (Å²) < 4.78 is 38.7. The van der Waals surface area contributed by atoms with Gasteiger partial charge in [-0.15, -0.1) is 0 Å². The number of nitrogens with zero attached hydrogens (tertiary/aromatic N) is 1. The zero-order valence-electron chi connectivity index (χ0n) is 9.29. The molecule has 88 valence electrons. The Morgan fingerprint density at radius 2 is 1.80 bits per heavy atom. The largest absolute Gasteiger partial charge is 0.243 e. The van der Waals surface area contributed by atoms with Gasteiger partial charge in [-0.2, -0.15) is 4.31 Å². The van der Waals surface area contributed by atoms with E-state index in [4.69, 9.17) is 0 Å². The maximum Gasteiger partial charge on any atom is 0.219 e. The Labute approximate surface area is 90.7 Å². The Morgan fingerprint density at radius 3 is 2.27 bits per heavy atom. The van der Waals surface area contributed by atoms with Crippen molar-refractivity contribution in [2.75, 3.05) is 13.1 Å². The van der Waals surface area contributed by atoms with Crippen molar-refractivity contribution in [2.45, 2.75) is 49.9 Å². The Bertz CT molecular complexity index is 360. The van der Waals surface area contributed by atoms with Crippen LogP contribution in [0.25, 0.3) is 0 Å². The molecule has 3 nitrogen and oxygen atoms in total. The van der Waals surface area contributed by atoms with Crippen LogP contribution in [0, 0.1) is 0 Å². The minimum absolute atomic E-state index is 0.0327. The van der Waals surface area contributed by atoms with Gasteiger partial charge in [0.2, 0.25) is 10.0 Å². The van der Waals surface area contributed by atoms with Crippen LogP contribution in [0.5, 0.6) is 0 Å². The number of sulfonamides is 1. The molecule has 0 spiro atoms. The monoisotopic (exact) mass is 235 g/mol. The van der Waals surface area contributed by atoms with Gasteiger partial charge in [0.25, 0.3) is 0 Å². The van der Waals surface area contributed by atoms with Crippen LogP contribution in [0.2, 0.25) is 0 Å². The first-order valence-electron chi connectivity index (χ1n) is 5.46. The van der Waals surface area contributed by atoms with E-state index in [1.54, 1.807) is 6.92 Å². The van der Waals surface area contributed by atoms with Crippen molar-refractivity contribution >= 4 is 10.0 Å². The van der Waals surface area contributed by atoms with Gasteiger partial charge in [0, 0.05) is 13.1 Å². The molecule has 1 aliphatic carbocycles. The van der Waals surface area contributed by atoms with Crippen LogP contribution in [0.15, 0.2) is 0 Å². The molecule has 1 saturated heterocycles. The number of alkyl halides is 1. The van der Waals surface area contributed by atoms with Crippen LogP contribution in [0.1, 0.15) is 39.5 Å². The van der Waals surface area contributed by atoms with Crippen molar-refractivity contribution in [1.29, 1.82) is 0 Å². The maximum atomic E-state index is 13.8. The first-order valence-corrected chi connectivity index (χ1v) is 6.90. The molecule has 1 heterocycles. The SMILES string of the molecule is CC1(F)CCCN(S(=O)(=O)C2(C)CC2)C1. The highest BCUT2D eigenvalue weighted by Gasteiger charge is 2.54. The van der Waals surface area contributed by atoms with Gasteiger partial charge in [-0.1, -0.05) is 0 Å². The van der Waals surface area contributed by atoms with Crippen LogP contribution >= 0.6 is 0 Å². The second-order valence-electron chi connectivity index (χ2n) is 5.31. The summed E-state index contributed by atoms with van der Waals surface area (Å²) in [5, 5.41) is 0. The average Bonchev–Trinajstić information content (AvgIpc) is 2.83. The van der Waals surface area contributed by atoms with Gasteiger partial charge in [-0.3, -0.25) is 0 Å². The van der Waals surface area contributed by atoms with E-state index in [0.717, 1.165) is 12.8 Å². The summed E-state index contributed by atoms with van der Waals surface area (Å²) in [7, 11) is -3.27. The molecule has 1 aliphatic heterocycles. The van der Waals surface area contributed by atoms with Crippen LogP contribution in [-0.2, 0) is 10.0 Å². The first kappa shape index (κ1) is 11.3. The van der Waals surface area contributed by atoms with Crippen molar-refractivity contribution in [3.63, 3.8) is 0 Å². The lowest BCUT2D eigenvalue weighted by Crippen LogP contribution is -2.49. The van der Waals surface area contributed by atoms with E-state index in [-0.39, 0.29) is 6.54 Å². The number of rotatable bonds is 2. The fourth-order valence-corrected chi connectivity index (χ4v) is 4.15. The molecule has 2 fully saturated rings. The molecule has 0 amide bonds. The standard InChI is InChI=1S/C10H18FNO2S/c1-9(11)4-3-7-12(8-9)15(13,14)10(2)5-6-10/h3-8H2,1-2H3. The number of piperidine rings is 1. The highest BCUT2D eigenvalue weighted by atomic mass is 32.2. The molecule has 2 rings (SSSR count). The molecule has 1 atom stereocenters. The van der Waals surface area contributed by atoms with Crippen LogP contribution in [0.4, 0.5) is 4.39 Å². The fraction of sp³-hybridized carbons (Fsp3) is 1.00. The third kappa shape index (κ3) is 1.91. The third-order valence-electron chi connectivity index (χ3n) is 3.53. The number of hydrogen-bond donors (Lipinski definition) is 0. The van der Waals surface area contributed by atoms with Gasteiger partial charge in [-0.05, 0) is 39.5 Å². The summed E-state index contributed by atoms with van der Waals surface area (Å²) in [4.78, 5) is 0. The molecular formula is C10H18FNO2S. The number of hydrogen-bond acceptors (Lipinski definition) is 2. The fourth-order valence-electron chi connectivity index (χ4n) is 2.10. The summed E-state index contributed by atoms with van der Waals surface area (Å²) in [5.41, 5.74) is -1.35. The summed E-state index contributed by atoms with van der Waals surface area (Å²) in [5.74, 6) is 0. The molecule has 15 heavy (non-hydrogen) atoms. The Kier molecular flexibility index (Phi) is 2.39. The Balaban J connectivity index is 2.17. The van der Waals surface area contributed by atoms with E-state index in [1.807, 2.05) is 0 Å². The zero-order chi connectivity index (χ0) is 11.3. The molecular weight excluding hydrogens is 217 g/mol. The highest BCUT2D eigenvalue weighted by Crippen LogP contribution is 2.45. The lowest BCUT2D eigenvalue weighted by atomic mass is 9.99. The molecule has 0 aromatic carbocycles. The van der Waals surface area contributed by atoms with Crippen LogP contribution in [-0.4, -0.2) is 36.2 Å². The highest BCUT2D eigenvalue weighted by molar-refractivity contribution is 7.90. The van der Waals surface area contributed by atoms with E-state index in [0.29, 0.717) is 19.4 Å². The Hall–Kier alpha value is -0.160. The normalized spacial score (nSPS) is 36.5. The molecule has 0 aromatic heterocycles. The van der Waals surface area contributed by atoms with Crippen LogP contribution in [0.3, 0.4) is 0 Å². The van der Waals surface area contributed by atoms with Crippen molar-refractivity contribution in [2.24, 2.45) is 0 Å². The molecule has 1 saturated carbocycles. The molecule has 0 bridgehead atoms. The predicted octanol–water partition coefficient (Wildman–Crippen LogP) is 1.69. The lowest BCUT2D eigenvalue weighted by molar-refractivity contribution is 0.102. The molecule has 0 N–H and O–H groups in total. The van der Waals surface area contributed by atoms with Gasteiger partial charge < -0.3 is 0 Å². The zero-order valence-corrected chi connectivity index (χ0v) is 10.1. The van der Waals surface area contributed by atoms with Gasteiger partial charge >= 0.3 is 0 Å². The lowest BCUT2D eigenvalue weighted by Gasteiger charge is -2.35. The van der Waals surface area contributed by atoms with Gasteiger partial charge in [0.15, 0.2) is 0 Å². The first-order chi connectivity index (χ1) is 6.77.